The molecule has 88 valence electrons. The average Bonchev–Trinajstić information content (AvgIpc) is 2.17. The Bertz CT molecular complexity index is 240. The molecule has 1 heterocycles. The minimum Gasteiger partial charge on any atom is -0.480 e. The number of aliphatic carboxylic acids is 1. The molecule has 0 aromatic heterocycles. The Morgan fingerprint density at radius 1 is 1.60 bits per heavy atom. The molecule has 4 heteroatoms. The summed E-state index contributed by atoms with van der Waals surface area (Å²) in [7, 11) is 0. The Morgan fingerprint density at radius 3 is 2.67 bits per heavy atom. The molecule has 0 bridgehead atoms. The van der Waals surface area contributed by atoms with E-state index in [0.717, 1.165) is 6.42 Å². The minimum absolute atomic E-state index is 0.117. The van der Waals surface area contributed by atoms with Crippen LogP contribution in [-0.4, -0.2) is 46.8 Å². The van der Waals surface area contributed by atoms with Gasteiger partial charge in [-0.15, -0.1) is 0 Å². The highest BCUT2D eigenvalue weighted by molar-refractivity contribution is 5.77. The third-order valence-corrected chi connectivity index (χ3v) is 3.18. The van der Waals surface area contributed by atoms with E-state index in [2.05, 4.69) is 6.92 Å². The van der Waals surface area contributed by atoms with Crippen LogP contribution in [0.15, 0.2) is 0 Å². The van der Waals surface area contributed by atoms with Crippen LogP contribution in [0, 0.1) is 0 Å². The second-order valence-electron chi connectivity index (χ2n) is 4.72. The molecule has 0 amide bonds. The van der Waals surface area contributed by atoms with E-state index in [1.807, 2.05) is 11.8 Å². The number of rotatable bonds is 3. The number of morpholine rings is 1. The number of ether oxygens (including phenoxy) is 1. The van der Waals surface area contributed by atoms with E-state index in [9.17, 15) is 9.90 Å². The van der Waals surface area contributed by atoms with Crippen molar-refractivity contribution in [1.29, 1.82) is 0 Å². The lowest BCUT2D eigenvalue weighted by Crippen LogP contribution is -2.60. The minimum atomic E-state index is -0.807. The molecule has 1 N–H and O–H groups in total. The van der Waals surface area contributed by atoms with Gasteiger partial charge in [-0.1, -0.05) is 6.92 Å². The molecule has 0 saturated carbocycles. The van der Waals surface area contributed by atoms with Gasteiger partial charge in [0.2, 0.25) is 0 Å². The maximum Gasteiger partial charge on any atom is 0.323 e. The highest BCUT2D eigenvalue weighted by Crippen LogP contribution is 2.24. The zero-order chi connectivity index (χ0) is 11.6. The highest BCUT2D eigenvalue weighted by Gasteiger charge is 2.41. The van der Waals surface area contributed by atoms with Crippen molar-refractivity contribution in [3.8, 4) is 0 Å². The second-order valence-corrected chi connectivity index (χ2v) is 4.72. The van der Waals surface area contributed by atoms with E-state index in [0.29, 0.717) is 13.2 Å². The third kappa shape index (κ3) is 2.49. The Morgan fingerprint density at radius 2 is 2.20 bits per heavy atom. The summed E-state index contributed by atoms with van der Waals surface area (Å²) in [6, 6.07) is 0.215. The largest absolute Gasteiger partial charge is 0.480 e. The molecular weight excluding hydrogens is 194 g/mol. The number of hydrogen-bond donors (Lipinski definition) is 1. The first-order chi connectivity index (χ1) is 6.89. The van der Waals surface area contributed by atoms with Gasteiger partial charge in [-0.3, -0.25) is 9.69 Å². The standard InChI is InChI=1S/C11H21NO3/c1-5-9-7-15-8(2)6-12(9)11(3,4)10(13)14/h8-9H,5-7H2,1-4H3,(H,13,14). The summed E-state index contributed by atoms with van der Waals surface area (Å²) in [5.74, 6) is -0.768. The average molecular weight is 215 g/mol. The number of carboxylic acids is 1. The van der Waals surface area contributed by atoms with Crippen LogP contribution in [0.5, 0.6) is 0 Å². The maximum atomic E-state index is 11.2. The van der Waals surface area contributed by atoms with Gasteiger partial charge in [0.15, 0.2) is 0 Å². The molecule has 0 radical (unpaired) electrons. The fourth-order valence-corrected chi connectivity index (χ4v) is 1.99. The zero-order valence-corrected chi connectivity index (χ0v) is 9.99. The van der Waals surface area contributed by atoms with Crippen LogP contribution in [0.1, 0.15) is 34.1 Å². The summed E-state index contributed by atoms with van der Waals surface area (Å²) in [6.07, 6.45) is 1.04. The Hall–Kier alpha value is -0.610. The maximum absolute atomic E-state index is 11.2. The molecule has 0 aromatic carbocycles. The Kier molecular flexibility index (Phi) is 3.73. The lowest BCUT2D eigenvalue weighted by Gasteiger charge is -2.45. The zero-order valence-electron chi connectivity index (χ0n) is 9.99. The lowest BCUT2D eigenvalue weighted by molar-refractivity contribution is -0.159. The van der Waals surface area contributed by atoms with Crippen LogP contribution in [0.3, 0.4) is 0 Å². The molecule has 1 saturated heterocycles. The van der Waals surface area contributed by atoms with Crippen LogP contribution >= 0.6 is 0 Å². The number of hydrogen-bond acceptors (Lipinski definition) is 3. The van der Waals surface area contributed by atoms with Gasteiger partial charge in [0.05, 0.1) is 12.7 Å². The van der Waals surface area contributed by atoms with Gasteiger partial charge < -0.3 is 9.84 Å². The fourth-order valence-electron chi connectivity index (χ4n) is 1.99. The van der Waals surface area contributed by atoms with E-state index in [4.69, 9.17) is 4.74 Å². The van der Waals surface area contributed by atoms with Crippen molar-refractivity contribution >= 4 is 5.97 Å². The van der Waals surface area contributed by atoms with Crippen LogP contribution < -0.4 is 0 Å². The van der Waals surface area contributed by atoms with E-state index in [-0.39, 0.29) is 12.1 Å². The summed E-state index contributed by atoms with van der Waals surface area (Å²) in [4.78, 5) is 13.3. The van der Waals surface area contributed by atoms with E-state index in [1.54, 1.807) is 13.8 Å². The third-order valence-electron chi connectivity index (χ3n) is 3.18. The topological polar surface area (TPSA) is 49.8 Å². The van der Waals surface area contributed by atoms with Gasteiger partial charge in [0.1, 0.15) is 5.54 Å². The summed E-state index contributed by atoms with van der Waals surface area (Å²) < 4.78 is 5.55. The second kappa shape index (κ2) is 4.49. The molecule has 1 rings (SSSR count). The summed E-state index contributed by atoms with van der Waals surface area (Å²) in [5, 5.41) is 9.21. The summed E-state index contributed by atoms with van der Waals surface area (Å²) in [6.45, 7) is 8.89. The highest BCUT2D eigenvalue weighted by atomic mass is 16.5. The molecular formula is C11H21NO3. The Labute approximate surface area is 91.2 Å². The van der Waals surface area contributed by atoms with Crippen molar-refractivity contribution in [2.75, 3.05) is 13.2 Å². The normalized spacial score (nSPS) is 29.1. The van der Waals surface area contributed by atoms with E-state index in [1.165, 1.54) is 0 Å². The van der Waals surface area contributed by atoms with Gasteiger partial charge in [-0.25, -0.2) is 0 Å². The van der Waals surface area contributed by atoms with Crippen molar-refractivity contribution < 1.29 is 14.6 Å². The van der Waals surface area contributed by atoms with Crippen LogP contribution in [0.4, 0.5) is 0 Å². The van der Waals surface area contributed by atoms with Crippen molar-refractivity contribution in [1.82, 2.24) is 4.90 Å². The van der Waals surface area contributed by atoms with Gasteiger partial charge in [-0.2, -0.15) is 0 Å². The van der Waals surface area contributed by atoms with Crippen molar-refractivity contribution in [3.05, 3.63) is 0 Å². The van der Waals surface area contributed by atoms with Gasteiger partial charge in [-0.05, 0) is 27.2 Å². The molecule has 1 aliphatic rings. The van der Waals surface area contributed by atoms with Crippen molar-refractivity contribution in [2.45, 2.75) is 51.8 Å². The molecule has 15 heavy (non-hydrogen) atoms. The van der Waals surface area contributed by atoms with Gasteiger partial charge >= 0.3 is 5.97 Å². The van der Waals surface area contributed by atoms with Crippen LogP contribution in [0.2, 0.25) is 0 Å². The first kappa shape index (κ1) is 12.5. The summed E-state index contributed by atoms with van der Waals surface area (Å²) in [5.41, 5.74) is -0.807. The van der Waals surface area contributed by atoms with Crippen LogP contribution in [-0.2, 0) is 9.53 Å². The molecule has 1 fully saturated rings. The van der Waals surface area contributed by atoms with E-state index >= 15 is 0 Å². The number of carbonyl (C=O) groups is 1. The molecule has 0 spiro atoms. The molecule has 2 atom stereocenters. The quantitative estimate of drug-likeness (QED) is 0.772. The first-order valence-electron chi connectivity index (χ1n) is 5.51. The first-order valence-corrected chi connectivity index (χ1v) is 5.51. The molecule has 0 aliphatic carbocycles. The fraction of sp³-hybridized carbons (Fsp3) is 0.909. The number of carboxylic acid groups (broad SMARTS) is 1. The molecule has 1 aliphatic heterocycles. The Balaban J connectivity index is 2.83. The smallest absolute Gasteiger partial charge is 0.323 e. The summed E-state index contributed by atoms with van der Waals surface area (Å²) >= 11 is 0. The molecule has 0 aromatic rings. The number of nitrogens with zero attached hydrogens (tertiary/aromatic N) is 1. The van der Waals surface area contributed by atoms with Crippen molar-refractivity contribution in [3.63, 3.8) is 0 Å². The predicted molar refractivity (Wildman–Crippen MR) is 57.9 cm³/mol. The lowest BCUT2D eigenvalue weighted by atomic mass is 9.97. The van der Waals surface area contributed by atoms with Gasteiger partial charge in [0.25, 0.3) is 0 Å². The molecule has 4 nitrogen and oxygen atoms in total. The SMILES string of the molecule is CCC1COC(C)CN1C(C)(C)C(=O)O. The monoisotopic (exact) mass is 215 g/mol. The van der Waals surface area contributed by atoms with Crippen molar-refractivity contribution in [2.24, 2.45) is 0 Å². The van der Waals surface area contributed by atoms with Gasteiger partial charge in [0, 0.05) is 12.6 Å². The predicted octanol–water partition coefficient (Wildman–Crippen LogP) is 1.35. The van der Waals surface area contributed by atoms with Crippen LogP contribution in [0.25, 0.3) is 0 Å². The molecule has 2 unspecified atom stereocenters. The van der Waals surface area contributed by atoms with E-state index < -0.39 is 11.5 Å².